The highest BCUT2D eigenvalue weighted by molar-refractivity contribution is 6.06. The number of hydrogen-bond acceptors (Lipinski definition) is 4. The number of nitrogens with one attached hydrogen (secondary N) is 1. The molecule has 30 heavy (non-hydrogen) atoms. The molecule has 0 radical (unpaired) electrons. The lowest BCUT2D eigenvalue weighted by molar-refractivity contribution is -0.151. The monoisotopic (exact) mass is 410 g/mol. The lowest BCUT2D eigenvalue weighted by Gasteiger charge is -2.59. The van der Waals surface area contributed by atoms with Crippen LogP contribution in [0.3, 0.4) is 0 Å². The predicted octanol–water partition coefficient (Wildman–Crippen LogP) is 1.62. The summed E-state index contributed by atoms with van der Waals surface area (Å²) in [7, 11) is 0. The number of amides is 3. The summed E-state index contributed by atoms with van der Waals surface area (Å²) < 4.78 is 0. The summed E-state index contributed by atoms with van der Waals surface area (Å²) in [4.78, 5) is 44.6. The third kappa shape index (κ3) is 2.93. The Bertz CT molecular complexity index is 872. The summed E-state index contributed by atoms with van der Waals surface area (Å²) in [5.74, 6) is 0.662. The molecular formula is C23H30N4O3. The summed E-state index contributed by atoms with van der Waals surface area (Å²) >= 11 is 0. The Balaban J connectivity index is 1.28. The topological polar surface area (TPSA) is 105 Å². The minimum Gasteiger partial charge on any atom is -0.369 e. The zero-order chi connectivity index (χ0) is 21.1. The first kappa shape index (κ1) is 19.5. The molecule has 5 aliphatic rings. The van der Waals surface area contributed by atoms with Crippen LogP contribution in [0, 0.1) is 28.6 Å². The van der Waals surface area contributed by atoms with Crippen molar-refractivity contribution >= 4 is 17.7 Å². The molecule has 1 aromatic heterocycles. The summed E-state index contributed by atoms with van der Waals surface area (Å²) in [6, 6.07) is 5.70. The normalized spacial score (nSPS) is 39.4. The van der Waals surface area contributed by atoms with Gasteiger partial charge in [0, 0.05) is 24.2 Å². The highest BCUT2D eigenvalue weighted by atomic mass is 16.2. The Morgan fingerprint density at radius 3 is 2.60 bits per heavy atom. The summed E-state index contributed by atoms with van der Waals surface area (Å²) in [6.07, 6.45) is 6.79. The fourth-order valence-corrected chi connectivity index (χ4v) is 6.84. The van der Waals surface area contributed by atoms with Crippen LogP contribution in [0.2, 0.25) is 0 Å². The van der Waals surface area contributed by atoms with Crippen LogP contribution in [-0.2, 0) is 20.9 Å². The molecule has 2 heterocycles. The molecule has 1 aliphatic heterocycles. The van der Waals surface area contributed by atoms with Crippen LogP contribution in [0.1, 0.15) is 51.1 Å². The van der Waals surface area contributed by atoms with E-state index in [4.69, 9.17) is 5.73 Å². The van der Waals surface area contributed by atoms with Gasteiger partial charge in [0.1, 0.15) is 5.41 Å². The highest BCUT2D eigenvalue weighted by Gasteiger charge is 2.59. The fraction of sp³-hybridized carbons (Fsp3) is 0.652. The van der Waals surface area contributed by atoms with Gasteiger partial charge >= 0.3 is 0 Å². The van der Waals surface area contributed by atoms with Crippen LogP contribution >= 0.6 is 0 Å². The molecule has 5 fully saturated rings. The van der Waals surface area contributed by atoms with Gasteiger partial charge in [0.2, 0.25) is 17.7 Å². The molecular weight excluding hydrogens is 380 g/mol. The number of rotatable bonds is 5. The standard InChI is InChI=1S/C23H30N4O3/c1-22(5-7-27(21(22)30)13-17-4-2-3-6-25-17)20(29)26-18-15-8-14-9-16(18)12-23(10-14,11-15)19(24)28/h2-4,6,14-16,18H,5,7-13H2,1H3,(H2,24,28)(H,26,29)/t14?,15-,16+,18?,22?,23?. The van der Waals surface area contributed by atoms with Gasteiger partial charge in [0.15, 0.2) is 0 Å². The third-order valence-corrected chi connectivity index (χ3v) is 8.31. The fourth-order valence-electron chi connectivity index (χ4n) is 6.84. The molecule has 4 bridgehead atoms. The molecule has 4 saturated carbocycles. The number of nitrogens with two attached hydrogens (primary N) is 1. The van der Waals surface area contributed by atoms with Crippen molar-refractivity contribution in [2.24, 2.45) is 34.3 Å². The zero-order valence-corrected chi connectivity index (χ0v) is 17.5. The van der Waals surface area contributed by atoms with E-state index in [0.29, 0.717) is 25.4 Å². The first-order chi connectivity index (χ1) is 14.3. The van der Waals surface area contributed by atoms with E-state index in [1.165, 1.54) is 0 Å². The van der Waals surface area contributed by atoms with Gasteiger partial charge in [0.05, 0.1) is 12.2 Å². The molecule has 1 saturated heterocycles. The average molecular weight is 411 g/mol. The molecule has 160 valence electrons. The minimum atomic E-state index is -1.04. The van der Waals surface area contributed by atoms with E-state index in [2.05, 4.69) is 10.3 Å². The largest absolute Gasteiger partial charge is 0.369 e. The number of nitrogens with zero attached hydrogens (tertiary/aromatic N) is 2. The molecule has 4 aliphatic carbocycles. The average Bonchev–Trinajstić information content (AvgIpc) is 3.00. The molecule has 1 aromatic rings. The van der Waals surface area contributed by atoms with E-state index in [0.717, 1.165) is 37.8 Å². The number of hydrogen-bond donors (Lipinski definition) is 2. The SMILES string of the molecule is CC1(C(=O)NC2[C@@H]3CC4C[C@H]2CC(C(N)=O)(C4)C3)CCN(Cc2ccccn2)C1=O. The van der Waals surface area contributed by atoms with Gasteiger partial charge in [-0.3, -0.25) is 19.4 Å². The van der Waals surface area contributed by atoms with Gasteiger partial charge in [-0.2, -0.15) is 0 Å². The van der Waals surface area contributed by atoms with Gasteiger partial charge in [-0.25, -0.2) is 0 Å². The van der Waals surface area contributed by atoms with E-state index in [1.54, 1.807) is 18.0 Å². The molecule has 3 N–H and O–H groups in total. The lowest BCUT2D eigenvalue weighted by atomic mass is 9.47. The smallest absolute Gasteiger partial charge is 0.238 e. The van der Waals surface area contributed by atoms with Crippen LogP contribution in [0.25, 0.3) is 0 Å². The Hall–Kier alpha value is -2.44. The quantitative estimate of drug-likeness (QED) is 0.720. The number of primary amides is 1. The maximum Gasteiger partial charge on any atom is 0.238 e. The maximum atomic E-state index is 13.3. The predicted molar refractivity (Wildman–Crippen MR) is 109 cm³/mol. The number of pyridine rings is 1. The van der Waals surface area contributed by atoms with Gasteiger partial charge in [0.25, 0.3) is 0 Å². The Morgan fingerprint density at radius 2 is 1.97 bits per heavy atom. The van der Waals surface area contributed by atoms with E-state index in [-0.39, 0.29) is 41.0 Å². The van der Waals surface area contributed by atoms with Gasteiger partial charge in [-0.1, -0.05) is 6.07 Å². The second kappa shape index (κ2) is 6.79. The van der Waals surface area contributed by atoms with Gasteiger partial charge in [-0.05, 0) is 75.3 Å². The molecule has 0 aromatic carbocycles. The third-order valence-electron chi connectivity index (χ3n) is 8.31. The van der Waals surface area contributed by atoms with Crippen LogP contribution in [0.15, 0.2) is 24.4 Å². The highest BCUT2D eigenvalue weighted by Crippen LogP contribution is 2.60. The van der Waals surface area contributed by atoms with E-state index < -0.39 is 5.41 Å². The summed E-state index contributed by atoms with van der Waals surface area (Å²) in [5, 5.41) is 3.26. The van der Waals surface area contributed by atoms with Crippen molar-refractivity contribution in [3.8, 4) is 0 Å². The van der Waals surface area contributed by atoms with Crippen molar-refractivity contribution < 1.29 is 14.4 Å². The lowest BCUT2D eigenvalue weighted by Crippen LogP contribution is -2.63. The molecule has 7 heteroatoms. The van der Waals surface area contributed by atoms with E-state index in [9.17, 15) is 14.4 Å². The minimum absolute atomic E-state index is 0.0518. The van der Waals surface area contributed by atoms with Crippen LogP contribution in [0.4, 0.5) is 0 Å². The second-order valence-corrected chi connectivity index (χ2v) is 10.2. The molecule has 4 unspecified atom stereocenters. The van der Waals surface area contributed by atoms with Crippen LogP contribution in [-0.4, -0.2) is 40.2 Å². The first-order valence-electron chi connectivity index (χ1n) is 11.1. The number of likely N-dealkylation sites (tertiary alicyclic amines) is 1. The summed E-state index contributed by atoms with van der Waals surface area (Å²) in [6.45, 7) is 2.76. The molecule has 7 nitrogen and oxygen atoms in total. The van der Waals surface area contributed by atoms with E-state index >= 15 is 0 Å². The Kier molecular flexibility index (Phi) is 4.42. The van der Waals surface area contributed by atoms with Crippen molar-refractivity contribution in [2.45, 2.75) is 58.0 Å². The Morgan fingerprint density at radius 1 is 1.23 bits per heavy atom. The number of carbonyl (C=O) groups excluding carboxylic acids is 3. The van der Waals surface area contributed by atoms with Crippen LogP contribution in [0.5, 0.6) is 0 Å². The van der Waals surface area contributed by atoms with E-state index in [1.807, 2.05) is 18.2 Å². The van der Waals surface area contributed by atoms with Crippen molar-refractivity contribution in [3.05, 3.63) is 30.1 Å². The van der Waals surface area contributed by atoms with Crippen LogP contribution < -0.4 is 11.1 Å². The molecule has 0 spiro atoms. The summed E-state index contributed by atoms with van der Waals surface area (Å²) in [5.41, 5.74) is 5.19. The first-order valence-corrected chi connectivity index (χ1v) is 11.1. The number of carbonyl (C=O) groups is 3. The Labute approximate surface area is 176 Å². The molecule has 6 atom stereocenters. The zero-order valence-electron chi connectivity index (χ0n) is 17.5. The van der Waals surface area contributed by atoms with Crippen molar-refractivity contribution in [3.63, 3.8) is 0 Å². The van der Waals surface area contributed by atoms with Crippen molar-refractivity contribution in [2.75, 3.05) is 6.54 Å². The molecule has 3 amide bonds. The van der Waals surface area contributed by atoms with Crippen molar-refractivity contribution in [1.82, 2.24) is 15.2 Å². The van der Waals surface area contributed by atoms with Crippen molar-refractivity contribution in [1.29, 1.82) is 0 Å². The maximum absolute atomic E-state index is 13.3. The van der Waals surface area contributed by atoms with Gasteiger partial charge in [-0.15, -0.1) is 0 Å². The molecule has 6 rings (SSSR count). The second-order valence-electron chi connectivity index (χ2n) is 10.2. The van der Waals surface area contributed by atoms with Gasteiger partial charge < -0.3 is 16.0 Å². The number of aromatic nitrogens is 1.